The molecule has 0 amide bonds. The van der Waals surface area contributed by atoms with Crippen LogP contribution in [-0.2, 0) is 4.74 Å². The summed E-state index contributed by atoms with van der Waals surface area (Å²) in [5.74, 6) is 0. The molecule has 16 heavy (non-hydrogen) atoms. The smallest absolute Gasteiger partial charge is 0.0616 e. The van der Waals surface area contributed by atoms with Gasteiger partial charge in [-0.3, -0.25) is 0 Å². The quantitative estimate of drug-likeness (QED) is 0.673. The van der Waals surface area contributed by atoms with Crippen molar-refractivity contribution < 1.29 is 4.74 Å². The third-order valence-electron chi connectivity index (χ3n) is 3.97. The van der Waals surface area contributed by atoms with Crippen molar-refractivity contribution in [2.75, 3.05) is 13.2 Å². The molecule has 1 fully saturated rings. The summed E-state index contributed by atoms with van der Waals surface area (Å²) >= 11 is 0. The normalized spacial score (nSPS) is 30.2. The zero-order valence-corrected chi connectivity index (χ0v) is 11.5. The highest BCUT2D eigenvalue weighted by Crippen LogP contribution is 2.39. The summed E-state index contributed by atoms with van der Waals surface area (Å²) in [6.45, 7) is 11.0. The van der Waals surface area contributed by atoms with Gasteiger partial charge in [-0.2, -0.15) is 0 Å². The minimum atomic E-state index is 0.402. The third-order valence-corrected chi connectivity index (χ3v) is 3.97. The maximum absolute atomic E-state index is 5.79. The summed E-state index contributed by atoms with van der Waals surface area (Å²) in [6.07, 6.45) is 7.00. The Balaban J connectivity index is 2.47. The van der Waals surface area contributed by atoms with Crippen LogP contribution in [-0.4, -0.2) is 25.3 Å². The van der Waals surface area contributed by atoms with Crippen molar-refractivity contribution in [3.8, 4) is 0 Å². The molecule has 0 spiro atoms. The average Bonchev–Trinajstić information content (AvgIpc) is 2.59. The van der Waals surface area contributed by atoms with E-state index in [1.165, 1.54) is 32.1 Å². The predicted molar refractivity (Wildman–Crippen MR) is 69.7 cm³/mol. The van der Waals surface area contributed by atoms with Crippen LogP contribution in [0.4, 0.5) is 0 Å². The minimum Gasteiger partial charge on any atom is -0.378 e. The van der Waals surface area contributed by atoms with E-state index >= 15 is 0 Å². The Kier molecular flexibility index (Phi) is 5.77. The molecule has 2 heteroatoms. The second-order valence-electron chi connectivity index (χ2n) is 5.62. The van der Waals surface area contributed by atoms with Crippen LogP contribution in [0, 0.1) is 5.41 Å². The van der Waals surface area contributed by atoms with Crippen molar-refractivity contribution in [1.29, 1.82) is 0 Å². The van der Waals surface area contributed by atoms with Crippen molar-refractivity contribution >= 4 is 0 Å². The maximum Gasteiger partial charge on any atom is 0.0616 e. The van der Waals surface area contributed by atoms with Gasteiger partial charge in [0.1, 0.15) is 0 Å². The van der Waals surface area contributed by atoms with E-state index in [9.17, 15) is 0 Å². The molecule has 1 heterocycles. The molecule has 0 radical (unpaired) electrons. The highest BCUT2D eigenvalue weighted by Gasteiger charge is 2.40. The van der Waals surface area contributed by atoms with E-state index in [1.807, 2.05) is 0 Å². The summed E-state index contributed by atoms with van der Waals surface area (Å²) in [4.78, 5) is 0. The Hall–Kier alpha value is -0.0800. The van der Waals surface area contributed by atoms with E-state index in [2.05, 4.69) is 33.0 Å². The molecular formula is C14H29NO. The third kappa shape index (κ3) is 3.74. The molecule has 2 unspecified atom stereocenters. The van der Waals surface area contributed by atoms with Gasteiger partial charge in [-0.1, -0.05) is 40.0 Å². The molecule has 2 nitrogen and oxygen atoms in total. The van der Waals surface area contributed by atoms with Crippen LogP contribution in [0.5, 0.6) is 0 Å². The lowest BCUT2D eigenvalue weighted by molar-refractivity contribution is 0.0561. The highest BCUT2D eigenvalue weighted by atomic mass is 16.5. The second-order valence-corrected chi connectivity index (χ2v) is 5.62. The largest absolute Gasteiger partial charge is 0.378 e. The van der Waals surface area contributed by atoms with Crippen LogP contribution >= 0.6 is 0 Å². The number of hydrogen-bond acceptors (Lipinski definition) is 2. The Morgan fingerprint density at radius 1 is 1.38 bits per heavy atom. The highest BCUT2D eigenvalue weighted by molar-refractivity contribution is 4.91. The number of rotatable bonds is 7. The first-order valence-corrected chi connectivity index (χ1v) is 6.96. The molecule has 0 saturated carbocycles. The van der Waals surface area contributed by atoms with Gasteiger partial charge in [0.05, 0.1) is 6.10 Å². The predicted octanol–water partition coefficient (Wildman–Crippen LogP) is 3.36. The van der Waals surface area contributed by atoms with Crippen LogP contribution in [0.2, 0.25) is 0 Å². The summed E-state index contributed by atoms with van der Waals surface area (Å²) in [5, 5.41) is 3.61. The fourth-order valence-electron chi connectivity index (χ4n) is 2.60. The Morgan fingerprint density at radius 2 is 2.12 bits per heavy atom. The van der Waals surface area contributed by atoms with Gasteiger partial charge >= 0.3 is 0 Å². The fourth-order valence-corrected chi connectivity index (χ4v) is 2.60. The molecule has 0 bridgehead atoms. The first-order valence-electron chi connectivity index (χ1n) is 6.96. The monoisotopic (exact) mass is 227 g/mol. The molecule has 96 valence electrons. The lowest BCUT2D eigenvalue weighted by Crippen LogP contribution is -2.41. The SMILES string of the molecule is CCCCCC1(CNC(C)C)CCOC1C. The minimum absolute atomic E-state index is 0.402. The molecule has 1 N–H and O–H groups in total. The van der Waals surface area contributed by atoms with Crippen LogP contribution in [0.15, 0.2) is 0 Å². The van der Waals surface area contributed by atoms with Gasteiger partial charge < -0.3 is 10.1 Å². The zero-order valence-electron chi connectivity index (χ0n) is 11.5. The van der Waals surface area contributed by atoms with Gasteiger partial charge in [-0.25, -0.2) is 0 Å². The molecule has 1 saturated heterocycles. The van der Waals surface area contributed by atoms with Crippen molar-refractivity contribution in [2.45, 2.75) is 71.9 Å². The maximum atomic E-state index is 5.79. The van der Waals surface area contributed by atoms with Crippen molar-refractivity contribution in [3.63, 3.8) is 0 Å². The zero-order chi connectivity index (χ0) is 12.0. The Morgan fingerprint density at radius 3 is 2.62 bits per heavy atom. The Labute approximate surface area is 101 Å². The van der Waals surface area contributed by atoms with Crippen molar-refractivity contribution in [3.05, 3.63) is 0 Å². The molecule has 1 rings (SSSR count). The molecular weight excluding hydrogens is 198 g/mol. The fraction of sp³-hybridized carbons (Fsp3) is 1.00. The lowest BCUT2D eigenvalue weighted by atomic mass is 9.77. The Bertz CT molecular complexity index is 193. The summed E-state index contributed by atoms with van der Waals surface area (Å²) < 4.78 is 5.79. The van der Waals surface area contributed by atoms with E-state index in [4.69, 9.17) is 4.74 Å². The van der Waals surface area contributed by atoms with Gasteiger partial charge in [0, 0.05) is 24.6 Å². The number of ether oxygens (including phenoxy) is 1. The standard InChI is InChI=1S/C14H29NO/c1-5-6-7-8-14(11-15-12(2)3)9-10-16-13(14)4/h12-13,15H,5-11H2,1-4H3. The first kappa shape index (κ1) is 14.0. The van der Waals surface area contributed by atoms with Crippen LogP contribution in [0.1, 0.15) is 59.8 Å². The van der Waals surface area contributed by atoms with Gasteiger partial charge in [-0.15, -0.1) is 0 Å². The van der Waals surface area contributed by atoms with Gasteiger partial charge in [0.25, 0.3) is 0 Å². The molecule has 0 aromatic carbocycles. The van der Waals surface area contributed by atoms with Crippen molar-refractivity contribution in [1.82, 2.24) is 5.32 Å². The summed E-state index contributed by atoms with van der Waals surface area (Å²) in [7, 11) is 0. The van der Waals surface area contributed by atoms with Crippen LogP contribution in [0.25, 0.3) is 0 Å². The number of hydrogen-bond donors (Lipinski definition) is 1. The number of nitrogens with one attached hydrogen (secondary N) is 1. The topological polar surface area (TPSA) is 21.3 Å². The molecule has 0 aromatic rings. The van der Waals surface area contributed by atoms with E-state index in [0.29, 0.717) is 17.6 Å². The van der Waals surface area contributed by atoms with E-state index in [1.54, 1.807) is 0 Å². The van der Waals surface area contributed by atoms with E-state index in [-0.39, 0.29) is 0 Å². The van der Waals surface area contributed by atoms with Gasteiger partial charge in [0.15, 0.2) is 0 Å². The second kappa shape index (κ2) is 6.61. The molecule has 2 atom stereocenters. The summed E-state index contributed by atoms with van der Waals surface area (Å²) in [6, 6.07) is 0.579. The summed E-state index contributed by atoms with van der Waals surface area (Å²) in [5.41, 5.74) is 0.402. The van der Waals surface area contributed by atoms with E-state index in [0.717, 1.165) is 13.2 Å². The molecule has 0 aromatic heterocycles. The lowest BCUT2D eigenvalue weighted by Gasteiger charge is -2.33. The number of unbranched alkanes of at least 4 members (excludes halogenated alkanes) is 2. The average molecular weight is 227 g/mol. The van der Waals surface area contributed by atoms with Crippen LogP contribution in [0.3, 0.4) is 0 Å². The molecule has 1 aliphatic rings. The molecule has 0 aliphatic carbocycles. The first-order chi connectivity index (χ1) is 7.60. The van der Waals surface area contributed by atoms with Gasteiger partial charge in [0.2, 0.25) is 0 Å². The van der Waals surface area contributed by atoms with Crippen LogP contribution < -0.4 is 5.32 Å². The molecule has 1 aliphatic heterocycles. The van der Waals surface area contributed by atoms with Crippen molar-refractivity contribution in [2.24, 2.45) is 5.41 Å². The van der Waals surface area contributed by atoms with E-state index < -0.39 is 0 Å². The van der Waals surface area contributed by atoms with Gasteiger partial charge in [-0.05, 0) is 19.8 Å².